The molecule has 26 heteroatoms. The molecule has 6 aromatic heterocycles. The minimum Gasteiger partial charge on any atom is -0.497 e. The second-order valence-electron chi connectivity index (χ2n) is 29.3. The maximum absolute atomic E-state index is 13.3. The number of halogens is 3. The molecule has 6 aromatic carbocycles. The van der Waals surface area contributed by atoms with E-state index in [0.29, 0.717) is 84.3 Å². The summed E-state index contributed by atoms with van der Waals surface area (Å²) in [4.78, 5) is 71.5. The average molecular weight is 1540 g/mol. The molecule has 3 fully saturated rings. The molecule has 12 aromatic rings. The fourth-order valence-corrected chi connectivity index (χ4v) is 14.4. The average Bonchev–Trinajstić information content (AvgIpc) is 1.65. The molecule has 6 N–H and O–H groups in total. The Kier molecular flexibility index (Phi) is 24.3. The van der Waals surface area contributed by atoms with Crippen molar-refractivity contribution in [1.29, 1.82) is 0 Å². The Hall–Kier alpha value is -12.7. The van der Waals surface area contributed by atoms with Gasteiger partial charge in [-0.2, -0.15) is 28.5 Å². The minimum atomic E-state index is -4.52. The summed E-state index contributed by atoms with van der Waals surface area (Å²) in [5, 5.41) is 16.5. The molecule has 114 heavy (non-hydrogen) atoms. The number of fused-ring (bicyclic) bond motifs is 3. The van der Waals surface area contributed by atoms with Crippen molar-refractivity contribution in [2.75, 3.05) is 91.8 Å². The fourth-order valence-electron chi connectivity index (χ4n) is 14.4. The van der Waals surface area contributed by atoms with Crippen LogP contribution in [0.2, 0.25) is 0 Å². The number of carbonyl (C=O) groups is 3. The van der Waals surface area contributed by atoms with Crippen LogP contribution < -0.4 is 26.7 Å². The van der Waals surface area contributed by atoms with Crippen molar-refractivity contribution < 1.29 is 37.0 Å². The number of aryl methyl sites for hydroxylation is 4. The van der Waals surface area contributed by atoms with Crippen molar-refractivity contribution >= 4 is 67.9 Å². The number of rotatable bonds is 14. The van der Waals surface area contributed by atoms with Crippen LogP contribution in [0, 0.1) is 63.2 Å². The molecule has 0 saturated carbocycles. The number of piperidine rings is 3. The van der Waals surface area contributed by atoms with E-state index in [2.05, 4.69) is 101 Å². The highest BCUT2D eigenvalue weighted by Crippen LogP contribution is 2.35. The van der Waals surface area contributed by atoms with Gasteiger partial charge in [-0.15, -0.1) is 0 Å². The molecule has 3 aliphatic heterocycles. The van der Waals surface area contributed by atoms with Gasteiger partial charge < -0.3 is 41.4 Å². The number of carbonyl (C=O) groups excluding carboxylic acids is 3. The summed E-state index contributed by atoms with van der Waals surface area (Å²) >= 11 is 0. The third-order valence-corrected chi connectivity index (χ3v) is 21.3. The van der Waals surface area contributed by atoms with Gasteiger partial charge in [0.2, 0.25) is 0 Å². The number of alkyl halides is 3. The van der Waals surface area contributed by atoms with Crippen LogP contribution in [-0.4, -0.2) is 166 Å². The van der Waals surface area contributed by atoms with Crippen LogP contribution in [0.4, 0.5) is 30.6 Å². The van der Waals surface area contributed by atoms with Gasteiger partial charge in [0.25, 0.3) is 0 Å². The Balaban J connectivity index is 0.000000149. The molecule has 0 radical (unpaired) electrons. The number of methoxy groups -OCH3 is 2. The first-order valence-corrected chi connectivity index (χ1v) is 37.8. The van der Waals surface area contributed by atoms with Crippen LogP contribution in [0.1, 0.15) is 166 Å². The number of aromatic nitrogens is 12. The zero-order chi connectivity index (χ0) is 80.5. The summed E-state index contributed by atoms with van der Waals surface area (Å²) in [6, 6.07) is 36.0. The lowest BCUT2D eigenvalue weighted by molar-refractivity contribution is -0.138. The van der Waals surface area contributed by atoms with Crippen LogP contribution >= 0.6 is 0 Å². The Morgan fingerprint density at radius 2 is 0.746 bits per heavy atom. The zero-order valence-corrected chi connectivity index (χ0v) is 65.2. The summed E-state index contributed by atoms with van der Waals surface area (Å²) in [7, 11) is 9.56. The monoisotopic (exact) mass is 1530 g/mol. The van der Waals surface area contributed by atoms with E-state index in [1.165, 1.54) is 38.0 Å². The van der Waals surface area contributed by atoms with Gasteiger partial charge in [0.05, 0.1) is 54.1 Å². The predicted octanol–water partition coefficient (Wildman–Crippen LogP) is 12.8. The van der Waals surface area contributed by atoms with E-state index in [1.54, 1.807) is 62.8 Å². The molecule has 0 aliphatic carbocycles. The number of nitrogen functional groups attached to an aromatic ring is 3. The zero-order valence-electron chi connectivity index (χ0n) is 65.2. The van der Waals surface area contributed by atoms with Crippen LogP contribution in [-0.2, 0) is 25.4 Å². The first-order valence-electron chi connectivity index (χ1n) is 37.8. The fraction of sp³-hybridized carbons (Fsp3) is 0.318. The number of nitrogens with zero attached hydrogens (tertiary/aromatic N) is 15. The minimum absolute atomic E-state index is 0.0209. The number of ether oxygens (including phenoxy) is 2. The van der Waals surface area contributed by atoms with E-state index >= 15 is 0 Å². The van der Waals surface area contributed by atoms with E-state index < -0.39 is 17.5 Å². The highest BCUT2D eigenvalue weighted by Gasteiger charge is 2.34. The number of likely N-dealkylation sites (tertiary alicyclic amines) is 3. The van der Waals surface area contributed by atoms with Crippen molar-refractivity contribution in [3.8, 4) is 47.0 Å². The van der Waals surface area contributed by atoms with Crippen molar-refractivity contribution in [1.82, 2.24) is 73.9 Å². The second-order valence-corrected chi connectivity index (χ2v) is 29.3. The molecule has 3 aliphatic rings. The first-order chi connectivity index (χ1) is 54.9. The molecular formula is C88H89F3N18O5. The summed E-state index contributed by atoms with van der Waals surface area (Å²) < 4.78 is 56.3. The molecule has 0 unspecified atom stereocenters. The number of benzene rings is 6. The van der Waals surface area contributed by atoms with Gasteiger partial charge in [-0.05, 0) is 244 Å². The highest BCUT2D eigenvalue weighted by molar-refractivity contribution is 6.00. The normalized spacial score (nSPS) is 14.5. The predicted molar refractivity (Wildman–Crippen MR) is 434 cm³/mol. The molecule has 0 amide bonds. The topological polar surface area (TPSA) is 288 Å². The number of hydrogen-bond donors (Lipinski definition) is 3. The second kappa shape index (κ2) is 34.9. The van der Waals surface area contributed by atoms with Crippen molar-refractivity contribution in [2.45, 2.75) is 110 Å². The number of nitrogens with two attached hydrogens (primary N) is 3. The van der Waals surface area contributed by atoms with Gasteiger partial charge in [0.15, 0.2) is 34.3 Å². The summed E-state index contributed by atoms with van der Waals surface area (Å²) in [5.74, 6) is 21.4. The summed E-state index contributed by atoms with van der Waals surface area (Å²) in [6.07, 6.45) is 6.22. The lowest BCUT2D eigenvalue weighted by Gasteiger charge is -2.29. The lowest BCUT2D eigenvalue weighted by Crippen LogP contribution is -2.32. The molecule has 0 spiro atoms. The Morgan fingerprint density at radius 3 is 1.10 bits per heavy atom. The van der Waals surface area contributed by atoms with Crippen LogP contribution in [0.5, 0.6) is 11.5 Å². The highest BCUT2D eigenvalue weighted by atomic mass is 19.4. The Labute approximate surface area is 659 Å². The third-order valence-electron chi connectivity index (χ3n) is 21.3. The molecule has 15 rings (SSSR count). The SMILES string of the molecule is COc1ccc(C(=O)Cc2ccc(C)c(C#Cc3nn(C4CCN(C)CC4)c4ncnc(N)c34)c2)cc1.COc1cccc(C(=O)Cc2ccc(C)c(C#Cc3nn(C4CCN(C)CC4)c4ncnc(N)c34)c2)c1.Cc1ccc(CC(=O)c2ccc(C)c(C(F)(F)F)c2)cc1C#Cc1nn(C2CCN(C)CC2)c2ncnc(N)c12. The maximum Gasteiger partial charge on any atom is 0.416 e. The molecule has 0 bridgehead atoms. The molecule has 582 valence electrons. The molecule has 23 nitrogen and oxygen atoms in total. The van der Waals surface area contributed by atoms with Crippen LogP contribution in [0.3, 0.4) is 0 Å². The van der Waals surface area contributed by atoms with Gasteiger partial charge >= 0.3 is 6.18 Å². The molecular weight excluding hydrogens is 1450 g/mol. The van der Waals surface area contributed by atoms with E-state index in [-0.39, 0.29) is 60.1 Å². The van der Waals surface area contributed by atoms with E-state index in [9.17, 15) is 27.6 Å². The van der Waals surface area contributed by atoms with Crippen LogP contribution in [0.25, 0.3) is 33.1 Å². The van der Waals surface area contributed by atoms with Crippen molar-refractivity contribution in [3.63, 3.8) is 0 Å². The number of Topliss-reactive ketones (excluding diaryl/α,β-unsaturated/α-hetero) is 3. The quantitative estimate of drug-likeness (QED) is 0.0673. The standard InChI is InChI=1S/C30H29F3N6O.2C29H30N6O2/c1-18-4-6-20(15-26(40)22-7-5-19(2)24(16-22)30(31,32)33)14-21(18)8-9-25-27-28(34)35-17-36-29(27)39(37-25)23-10-12-38(3)13-11-23;1-19-4-5-20(17-26(36)21-6-9-24(37-3)10-7-21)16-22(19)8-11-25-27-28(30)31-18-32-29(27)35(33-25)23-12-14-34(2)15-13-23;1-19-7-8-20(16-26(36)22-5-4-6-24(17-22)37-3)15-21(19)9-10-25-27-28(30)31-18-32-29(27)35(33-25)23-11-13-34(2)14-12-23/h4-7,14,16-17,23H,10-13,15H2,1-3H3,(H2,34,35,36);4-7,9-10,16,18,23H,12-15,17H2,1-3H3,(H2,30,31,32);4-8,15,17-18,23H,11-14,16H2,1-3H3,(H2,30,31,32). The van der Waals surface area contributed by atoms with E-state index in [0.717, 1.165) is 140 Å². The van der Waals surface area contributed by atoms with Gasteiger partial charge in [-0.3, -0.25) is 14.4 Å². The van der Waals surface area contributed by atoms with Gasteiger partial charge in [-0.25, -0.2) is 43.9 Å². The Bertz CT molecular complexity index is 5810. The smallest absolute Gasteiger partial charge is 0.416 e. The summed E-state index contributed by atoms with van der Waals surface area (Å²) in [6.45, 7) is 13.2. The van der Waals surface area contributed by atoms with Crippen LogP contribution in [0.15, 0.2) is 140 Å². The molecule has 9 heterocycles. The van der Waals surface area contributed by atoms with Gasteiger partial charge in [-0.1, -0.05) is 78.4 Å². The van der Waals surface area contributed by atoms with Crippen molar-refractivity contribution in [2.24, 2.45) is 0 Å². The maximum atomic E-state index is 13.3. The molecule has 0 atom stereocenters. The van der Waals surface area contributed by atoms with Crippen molar-refractivity contribution in [3.05, 3.63) is 235 Å². The van der Waals surface area contributed by atoms with E-state index in [4.69, 9.17) is 42.0 Å². The first kappa shape index (κ1) is 79.4. The largest absolute Gasteiger partial charge is 0.497 e. The lowest BCUT2D eigenvalue weighted by atomic mass is 9.96. The van der Waals surface area contributed by atoms with Gasteiger partial charge in [0, 0.05) is 52.6 Å². The Morgan fingerprint density at radius 1 is 0.412 bits per heavy atom. The summed E-state index contributed by atoms with van der Waals surface area (Å²) in [5.41, 5.74) is 30.8. The van der Waals surface area contributed by atoms with E-state index in [1.807, 2.05) is 89.4 Å². The molecule has 3 saturated heterocycles. The van der Waals surface area contributed by atoms with Gasteiger partial charge in [0.1, 0.15) is 65.0 Å². The third kappa shape index (κ3) is 18.4. The number of ketones is 3. The number of hydrogen-bond acceptors (Lipinski definition) is 20. The number of anilines is 3.